The van der Waals surface area contributed by atoms with Crippen LogP contribution in [0.1, 0.15) is 26.5 Å². The molecule has 11 heavy (non-hydrogen) atoms. The molecule has 0 saturated carbocycles. The second-order valence-electron chi connectivity index (χ2n) is 3.34. The van der Waals surface area contributed by atoms with Crippen LogP contribution in [0.2, 0.25) is 5.35 Å². The molecule has 0 aromatic carbocycles. The Bertz CT molecular complexity index is 264. The molecule has 2 nitrogen and oxygen atoms in total. The van der Waals surface area contributed by atoms with E-state index in [1.54, 1.807) is 0 Å². The number of aromatic nitrogens is 1. The summed E-state index contributed by atoms with van der Waals surface area (Å²) in [5.41, 5.74) is -0.0942. The highest BCUT2D eigenvalue weighted by Crippen LogP contribution is 2.25. The van der Waals surface area contributed by atoms with Gasteiger partial charge in [-0.1, -0.05) is 20.8 Å². The number of oxazole rings is 1. The molecule has 0 atom stereocenters. The average Bonchev–Trinajstić information content (AvgIpc) is 2.08. The fraction of sp³-hybridized carbons (Fsp3) is 0.571. The first-order chi connectivity index (χ1) is 4.91. The van der Waals surface area contributed by atoms with Gasteiger partial charge in [0.25, 0.3) is 5.35 Å². The van der Waals surface area contributed by atoms with E-state index in [9.17, 15) is 4.39 Å². The van der Waals surface area contributed by atoms with Crippen LogP contribution < -0.4 is 0 Å². The van der Waals surface area contributed by atoms with Crippen LogP contribution in [0.4, 0.5) is 4.39 Å². The third-order valence-corrected chi connectivity index (χ3v) is 1.43. The topological polar surface area (TPSA) is 26.0 Å². The molecular formula is C7H9ClFNO. The standard InChI is InChI=1S/C7H9ClFNO/c1-7(2,3)4-5(9)11-6(8)10-4/h1-3H3. The smallest absolute Gasteiger partial charge is 0.302 e. The Morgan fingerprint density at radius 3 is 2.18 bits per heavy atom. The molecule has 1 aromatic rings. The first-order valence-corrected chi connectivity index (χ1v) is 3.61. The average molecular weight is 178 g/mol. The SMILES string of the molecule is CC(C)(C)c1nc(Cl)oc1F. The largest absolute Gasteiger partial charge is 0.401 e. The molecule has 0 N–H and O–H groups in total. The van der Waals surface area contributed by atoms with E-state index in [1.165, 1.54) is 0 Å². The zero-order valence-corrected chi connectivity index (χ0v) is 7.37. The Morgan fingerprint density at radius 1 is 1.45 bits per heavy atom. The van der Waals surface area contributed by atoms with Gasteiger partial charge >= 0.3 is 6.01 Å². The molecule has 0 bridgehead atoms. The van der Waals surface area contributed by atoms with Crippen LogP contribution in [0.15, 0.2) is 4.42 Å². The fourth-order valence-electron chi connectivity index (χ4n) is 0.739. The van der Waals surface area contributed by atoms with Crippen LogP contribution >= 0.6 is 11.6 Å². The number of nitrogens with zero attached hydrogens (tertiary/aromatic N) is 1. The van der Waals surface area contributed by atoms with Crippen molar-refractivity contribution in [1.82, 2.24) is 4.98 Å². The van der Waals surface area contributed by atoms with Crippen LogP contribution in [0, 0.1) is 6.01 Å². The lowest BCUT2D eigenvalue weighted by atomic mass is 9.93. The molecule has 0 spiro atoms. The van der Waals surface area contributed by atoms with Gasteiger partial charge in [0, 0.05) is 5.41 Å². The Hall–Kier alpha value is -0.570. The van der Waals surface area contributed by atoms with Gasteiger partial charge < -0.3 is 4.42 Å². The molecule has 62 valence electrons. The van der Waals surface area contributed by atoms with E-state index in [0.717, 1.165) is 0 Å². The summed E-state index contributed by atoms with van der Waals surface area (Å²) in [7, 11) is 0. The minimum atomic E-state index is -0.692. The first kappa shape index (κ1) is 8.53. The van der Waals surface area contributed by atoms with Gasteiger partial charge in [0.15, 0.2) is 0 Å². The van der Waals surface area contributed by atoms with Crippen molar-refractivity contribution in [2.45, 2.75) is 26.2 Å². The van der Waals surface area contributed by atoms with Crippen LogP contribution in [0.3, 0.4) is 0 Å². The lowest BCUT2D eigenvalue weighted by Gasteiger charge is -2.12. The summed E-state index contributed by atoms with van der Waals surface area (Å²) in [5.74, 6) is 0. The molecule has 0 amide bonds. The van der Waals surface area contributed by atoms with E-state index in [4.69, 9.17) is 11.6 Å². The highest BCUT2D eigenvalue weighted by molar-refractivity contribution is 6.27. The molecule has 4 heteroatoms. The zero-order valence-electron chi connectivity index (χ0n) is 6.61. The van der Waals surface area contributed by atoms with Gasteiger partial charge in [0.05, 0.1) is 0 Å². The van der Waals surface area contributed by atoms with E-state index >= 15 is 0 Å². The summed E-state index contributed by atoms with van der Waals surface area (Å²) in [4.78, 5) is 3.71. The minimum absolute atomic E-state index is 0.146. The summed E-state index contributed by atoms with van der Waals surface area (Å²) < 4.78 is 17.2. The molecule has 1 rings (SSSR count). The van der Waals surface area contributed by atoms with Gasteiger partial charge in [-0.05, 0) is 11.6 Å². The molecule has 1 aromatic heterocycles. The number of hydrogen-bond donors (Lipinski definition) is 0. The lowest BCUT2D eigenvalue weighted by molar-refractivity contribution is 0.341. The summed E-state index contributed by atoms with van der Waals surface area (Å²) in [6.07, 6.45) is 0. The van der Waals surface area contributed by atoms with Gasteiger partial charge in [0.2, 0.25) is 0 Å². The Labute approximate surface area is 69.4 Å². The maximum absolute atomic E-state index is 12.8. The summed E-state index contributed by atoms with van der Waals surface area (Å²) in [6, 6.07) is -0.692. The van der Waals surface area contributed by atoms with Crippen LogP contribution in [-0.4, -0.2) is 4.98 Å². The molecule has 0 unspecified atom stereocenters. The van der Waals surface area contributed by atoms with Gasteiger partial charge in [-0.3, -0.25) is 0 Å². The highest BCUT2D eigenvalue weighted by atomic mass is 35.5. The van der Waals surface area contributed by atoms with Crippen LogP contribution in [0.25, 0.3) is 0 Å². The van der Waals surface area contributed by atoms with Gasteiger partial charge in [-0.2, -0.15) is 9.37 Å². The normalized spacial score (nSPS) is 12.1. The van der Waals surface area contributed by atoms with E-state index in [2.05, 4.69) is 9.40 Å². The van der Waals surface area contributed by atoms with Crippen molar-refractivity contribution in [1.29, 1.82) is 0 Å². The quantitative estimate of drug-likeness (QED) is 0.609. The molecule has 0 radical (unpaired) electrons. The molecule has 0 aliphatic heterocycles. The fourth-order valence-corrected chi connectivity index (χ4v) is 0.892. The molecule has 0 aliphatic carbocycles. The van der Waals surface area contributed by atoms with Crippen molar-refractivity contribution >= 4 is 11.6 Å². The third-order valence-electron chi connectivity index (χ3n) is 1.27. The minimum Gasteiger partial charge on any atom is -0.401 e. The lowest BCUT2D eigenvalue weighted by Crippen LogP contribution is -2.13. The van der Waals surface area contributed by atoms with Crippen molar-refractivity contribution in [3.05, 3.63) is 17.1 Å². The summed E-state index contributed by atoms with van der Waals surface area (Å²) in [6.45, 7) is 5.51. The number of rotatable bonds is 0. The number of halogens is 2. The van der Waals surface area contributed by atoms with Crippen LogP contribution in [-0.2, 0) is 5.41 Å². The Morgan fingerprint density at radius 2 is 2.00 bits per heavy atom. The Balaban J connectivity index is 3.13. The predicted molar refractivity (Wildman–Crippen MR) is 40.2 cm³/mol. The van der Waals surface area contributed by atoms with Crippen molar-refractivity contribution in [2.75, 3.05) is 0 Å². The highest BCUT2D eigenvalue weighted by Gasteiger charge is 2.24. The van der Waals surface area contributed by atoms with E-state index in [0.29, 0.717) is 0 Å². The van der Waals surface area contributed by atoms with Crippen molar-refractivity contribution in [2.24, 2.45) is 0 Å². The maximum Gasteiger partial charge on any atom is 0.302 e. The molecule has 0 fully saturated rings. The summed E-state index contributed by atoms with van der Waals surface area (Å²) >= 11 is 5.35. The predicted octanol–water partition coefficient (Wildman–Crippen LogP) is 2.76. The van der Waals surface area contributed by atoms with Gasteiger partial charge in [-0.15, -0.1) is 0 Å². The van der Waals surface area contributed by atoms with Crippen molar-refractivity contribution < 1.29 is 8.81 Å². The van der Waals surface area contributed by atoms with E-state index in [1.807, 2.05) is 20.8 Å². The summed E-state index contributed by atoms with van der Waals surface area (Å²) in [5, 5.41) is -0.146. The van der Waals surface area contributed by atoms with E-state index in [-0.39, 0.29) is 16.5 Å². The van der Waals surface area contributed by atoms with Gasteiger partial charge in [-0.25, -0.2) is 0 Å². The van der Waals surface area contributed by atoms with Crippen molar-refractivity contribution in [3.63, 3.8) is 0 Å². The molecule has 0 aliphatic rings. The van der Waals surface area contributed by atoms with Crippen LogP contribution in [0.5, 0.6) is 0 Å². The number of hydrogen-bond acceptors (Lipinski definition) is 2. The Kier molecular flexibility index (Phi) is 1.92. The first-order valence-electron chi connectivity index (χ1n) is 3.23. The third kappa shape index (κ3) is 1.71. The molecule has 1 heterocycles. The molecule has 0 saturated heterocycles. The zero-order chi connectivity index (χ0) is 8.65. The van der Waals surface area contributed by atoms with Gasteiger partial charge in [0.1, 0.15) is 5.69 Å². The second kappa shape index (κ2) is 2.48. The molecular weight excluding hydrogens is 169 g/mol. The van der Waals surface area contributed by atoms with E-state index < -0.39 is 6.01 Å². The monoisotopic (exact) mass is 177 g/mol. The maximum atomic E-state index is 12.8. The second-order valence-corrected chi connectivity index (χ2v) is 3.66. The van der Waals surface area contributed by atoms with Crippen molar-refractivity contribution in [3.8, 4) is 0 Å².